The van der Waals surface area contributed by atoms with Crippen molar-refractivity contribution in [2.45, 2.75) is 26.2 Å². The van der Waals surface area contributed by atoms with Crippen molar-refractivity contribution < 1.29 is 0 Å². The lowest BCUT2D eigenvalue weighted by atomic mass is 9.88. The lowest BCUT2D eigenvalue weighted by Gasteiger charge is -2.33. The Bertz CT molecular complexity index is 373. The third-order valence-electron chi connectivity index (χ3n) is 3.44. The zero-order valence-corrected chi connectivity index (χ0v) is 11.4. The molecule has 0 saturated carbocycles. The van der Waals surface area contributed by atoms with Gasteiger partial charge >= 0.3 is 0 Å². The Morgan fingerprint density at radius 2 is 1.76 bits per heavy atom. The number of aromatic nitrogens is 1. The first-order valence-electron chi connectivity index (χ1n) is 6.37. The molecule has 0 unspecified atom stereocenters. The molecule has 0 N–H and O–H groups in total. The second kappa shape index (κ2) is 4.65. The number of likely N-dealkylation sites (N-methyl/N-ethyl adjacent to an activating group) is 1. The second-order valence-corrected chi connectivity index (χ2v) is 5.94. The Morgan fingerprint density at radius 1 is 1.12 bits per heavy atom. The van der Waals surface area contributed by atoms with E-state index in [2.05, 4.69) is 54.7 Å². The van der Waals surface area contributed by atoms with E-state index in [0.717, 1.165) is 32.0 Å². The monoisotopic (exact) mass is 233 g/mol. The maximum Gasteiger partial charge on any atom is 0.128 e. The molecule has 1 fully saturated rings. The zero-order valence-electron chi connectivity index (χ0n) is 11.4. The molecular weight excluding hydrogens is 210 g/mol. The van der Waals surface area contributed by atoms with E-state index >= 15 is 0 Å². The van der Waals surface area contributed by atoms with E-state index in [4.69, 9.17) is 0 Å². The van der Waals surface area contributed by atoms with Crippen molar-refractivity contribution >= 4 is 5.82 Å². The number of anilines is 1. The van der Waals surface area contributed by atoms with Gasteiger partial charge in [0.1, 0.15) is 5.82 Å². The summed E-state index contributed by atoms with van der Waals surface area (Å²) in [5.74, 6) is 1.13. The molecule has 2 heterocycles. The van der Waals surface area contributed by atoms with Crippen molar-refractivity contribution in [3.63, 3.8) is 0 Å². The fourth-order valence-corrected chi connectivity index (χ4v) is 2.09. The molecule has 0 atom stereocenters. The molecule has 3 nitrogen and oxygen atoms in total. The first kappa shape index (κ1) is 12.4. The van der Waals surface area contributed by atoms with Gasteiger partial charge in [-0.15, -0.1) is 0 Å². The number of rotatable bonds is 1. The summed E-state index contributed by atoms with van der Waals surface area (Å²) in [6.07, 6.45) is 1.94. The molecule has 0 amide bonds. The third-order valence-corrected chi connectivity index (χ3v) is 3.44. The van der Waals surface area contributed by atoms with E-state index in [1.165, 1.54) is 5.56 Å². The van der Waals surface area contributed by atoms with Gasteiger partial charge in [0.2, 0.25) is 0 Å². The maximum absolute atomic E-state index is 4.51. The van der Waals surface area contributed by atoms with Gasteiger partial charge in [0.25, 0.3) is 0 Å². The van der Waals surface area contributed by atoms with Crippen LogP contribution in [0.25, 0.3) is 0 Å². The van der Waals surface area contributed by atoms with Crippen LogP contribution in [0.4, 0.5) is 5.82 Å². The molecule has 1 saturated heterocycles. The van der Waals surface area contributed by atoms with Crippen LogP contribution in [0.3, 0.4) is 0 Å². The summed E-state index contributed by atoms with van der Waals surface area (Å²) in [5.41, 5.74) is 1.56. The zero-order chi connectivity index (χ0) is 12.5. The van der Waals surface area contributed by atoms with Gasteiger partial charge in [-0.1, -0.05) is 20.8 Å². The molecule has 1 aliphatic rings. The average molecular weight is 233 g/mol. The van der Waals surface area contributed by atoms with Gasteiger partial charge in [0, 0.05) is 32.4 Å². The number of nitrogens with zero attached hydrogens (tertiary/aromatic N) is 3. The Kier molecular flexibility index (Phi) is 3.38. The largest absolute Gasteiger partial charge is 0.354 e. The highest BCUT2D eigenvalue weighted by molar-refractivity contribution is 5.43. The standard InChI is InChI=1S/C14H23N3/c1-14(2,3)12-5-6-15-13(11-12)17-9-7-16(4)8-10-17/h5-6,11H,7-10H2,1-4H3. The van der Waals surface area contributed by atoms with Gasteiger partial charge in [-0.05, 0) is 30.2 Å². The van der Waals surface area contributed by atoms with Gasteiger partial charge in [0.05, 0.1) is 0 Å². The summed E-state index contributed by atoms with van der Waals surface area (Å²) >= 11 is 0. The van der Waals surface area contributed by atoms with Crippen LogP contribution >= 0.6 is 0 Å². The molecule has 0 radical (unpaired) electrons. The molecule has 0 bridgehead atoms. The molecule has 1 aromatic heterocycles. The van der Waals surface area contributed by atoms with Crippen LogP contribution in [-0.2, 0) is 5.41 Å². The first-order valence-corrected chi connectivity index (χ1v) is 6.37. The summed E-state index contributed by atoms with van der Waals surface area (Å²) in [4.78, 5) is 9.26. The molecule has 94 valence electrons. The molecule has 1 aliphatic heterocycles. The fraction of sp³-hybridized carbons (Fsp3) is 0.643. The highest BCUT2D eigenvalue weighted by atomic mass is 15.3. The normalized spacial score (nSPS) is 18.5. The highest BCUT2D eigenvalue weighted by Crippen LogP contribution is 2.25. The Morgan fingerprint density at radius 3 is 2.35 bits per heavy atom. The van der Waals surface area contributed by atoms with Crippen LogP contribution in [0, 0.1) is 0 Å². The first-order chi connectivity index (χ1) is 7.97. The Hall–Kier alpha value is -1.09. The Balaban J connectivity index is 2.16. The predicted octanol–water partition coefficient (Wildman–Crippen LogP) is 2.13. The van der Waals surface area contributed by atoms with E-state index < -0.39 is 0 Å². The van der Waals surface area contributed by atoms with Crippen molar-refractivity contribution in [1.82, 2.24) is 9.88 Å². The van der Waals surface area contributed by atoms with E-state index in [0.29, 0.717) is 0 Å². The topological polar surface area (TPSA) is 19.4 Å². The Labute approximate surface area is 104 Å². The van der Waals surface area contributed by atoms with Crippen LogP contribution in [0.2, 0.25) is 0 Å². The molecule has 0 aliphatic carbocycles. The predicted molar refractivity (Wildman–Crippen MR) is 72.6 cm³/mol. The van der Waals surface area contributed by atoms with Crippen molar-refractivity contribution in [2.75, 3.05) is 38.1 Å². The molecule has 0 aromatic carbocycles. The SMILES string of the molecule is CN1CCN(c2cc(C(C)(C)C)ccn2)CC1. The number of pyridine rings is 1. The van der Waals surface area contributed by atoms with Crippen molar-refractivity contribution in [3.8, 4) is 0 Å². The van der Waals surface area contributed by atoms with Crippen molar-refractivity contribution in [2.24, 2.45) is 0 Å². The summed E-state index contributed by atoms with van der Waals surface area (Å²) in [6, 6.07) is 4.37. The molecule has 3 heteroatoms. The van der Waals surface area contributed by atoms with Gasteiger partial charge in [-0.3, -0.25) is 0 Å². The van der Waals surface area contributed by atoms with Gasteiger partial charge in [0.15, 0.2) is 0 Å². The third kappa shape index (κ3) is 2.97. The molecule has 17 heavy (non-hydrogen) atoms. The fourth-order valence-electron chi connectivity index (χ4n) is 2.09. The summed E-state index contributed by atoms with van der Waals surface area (Å²) < 4.78 is 0. The number of piperazine rings is 1. The lowest BCUT2D eigenvalue weighted by Crippen LogP contribution is -2.44. The van der Waals surface area contributed by atoms with Gasteiger partial charge in [-0.2, -0.15) is 0 Å². The van der Waals surface area contributed by atoms with Crippen LogP contribution in [0.5, 0.6) is 0 Å². The van der Waals surface area contributed by atoms with Gasteiger partial charge in [-0.25, -0.2) is 4.98 Å². The average Bonchev–Trinajstić information content (AvgIpc) is 2.29. The van der Waals surface area contributed by atoms with Gasteiger partial charge < -0.3 is 9.80 Å². The van der Waals surface area contributed by atoms with Crippen molar-refractivity contribution in [3.05, 3.63) is 23.9 Å². The molecule has 1 aromatic rings. The molecular formula is C14H23N3. The quantitative estimate of drug-likeness (QED) is 0.741. The van der Waals surface area contributed by atoms with Crippen LogP contribution in [0.15, 0.2) is 18.3 Å². The minimum atomic E-state index is 0.199. The van der Waals surface area contributed by atoms with E-state index in [1.54, 1.807) is 0 Å². The van der Waals surface area contributed by atoms with Crippen LogP contribution < -0.4 is 4.90 Å². The molecule has 2 rings (SSSR count). The second-order valence-electron chi connectivity index (χ2n) is 5.94. The number of hydrogen-bond donors (Lipinski definition) is 0. The minimum absolute atomic E-state index is 0.199. The van der Waals surface area contributed by atoms with Crippen LogP contribution in [0.1, 0.15) is 26.3 Å². The van der Waals surface area contributed by atoms with Crippen LogP contribution in [-0.4, -0.2) is 43.1 Å². The number of hydrogen-bond acceptors (Lipinski definition) is 3. The highest BCUT2D eigenvalue weighted by Gasteiger charge is 2.18. The smallest absolute Gasteiger partial charge is 0.128 e. The summed E-state index contributed by atoms with van der Waals surface area (Å²) in [6.45, 7) is 11.2. The minimum Gasteiger partial charge on any atom is -0.354 e. The lowest BCUT2D eigenvalue weighted by molar-refractivity contribution is 0.312. The van der Waals surface area contributed by atoms with E-state index in [1.807, 2.05) is 6.20 Å². The maximum atomic E-state index is 4.51. The summed E-state index contributed by atoms with van der Waals surface area (Å²) in [5, 5.41) is 0. The molecule has 0 spiro atoms. The van der Waals surface area contributed by atoms with E-state index in [-0.39, 0.29) is 5.41 Å². The van der Waals surface area contributed by atoms with Crippen molar-refractivity contribution in [1.29, 1.82) is 0 Å². The summed E-state index contributed by atoms with van der Waals surface area (Å²) in [7, 11) is 2.18. The van der Waals surface area contributed by atoms with E-state index in [9.17, 15) is 0 Å².